The first-order chi connectivity index (χ1) is 8.49. The van der Waals surface area contributed by atoms with E-state index in [0.717, 1.165) is 4.90 Å². The average Bonchev–Trinajstić information content (AvgIpc) is 2.70. The van der Waals surface area contributed by atoms with Crippen LogP contribution < -0.4 is 0 Å². The van der Waals surface area contributed by atoms with Crippen LogP contribution in [0.2, 0.25) is 0 Å². The Bertz CT molecular complexity index is 490. The van der Waals surface area contributed by atoms with Crippen molar-refractivity contribution in [3.63, 3.8) is 0 Å². The highest BCUT2D eigenvalue weighted by molar-refractivity contribution is 5.97. The minimum atomic E-state index is -1.16. The first-order valence-electron chi connectivity index (χ1n) is 5.35. The van der Waals surface area contributed by atoms with E-state index in [9.17, 15) is 19.8 Å². The number of amides is 1. The summed E-state index contributed by atoms with van der Waals surface area (Å²) in [6.07, 6.45) is 1.57. The van der Waals surface area contributed by atoms with Gasteiger partial charge in [-0.3, -0.25) is 9.78 Å². The fourth-order valence-electron chi connectivity index (χ4n) is 1.98. The minimum absolute atomic E-state index is 0.00726. The van der Waals surface area contributed by atoms with E-state index in [2.05, 4.69) is 4.98 Å². The molecule has 1 aromatic heterocycles. The van der Waals surface area contributed by atoms with E-state index >= 15 is 0 Å². The Morgan fingerprint density at radius 3 is 2.72 bits per heavy atom. The Morgan fingerprint density at radius 2 is 2.11 bits per heavy atom. The van der Waals surface area contributed by atoms with Gasteiger partial charge >= 0.3 is 5.97 Å². The van der Waals surface area contributed by atoms with Gasteiger partial charge in [-0.1, -0.05) is 0 Å². The zero-order valence-electron chi connectivity index (χ0n) is 9.35. The predicted octanol–water partition coefficient (Wildman–Crippen LogP) is -0.553. The number of carboxylic acids is 1. The van der Waals surface area contributed by atoms with E-state index < -0.39 is 24.0 Å². The molecule has 0 bridgehead atoms. The molecule has 1 amide bonds. The molecule has 2 rings (SSSR count). The van der Waals surface area contributed by atoms with Crippen molar-refractivity contribution >= 4 is 11.9 Å². The second-order valence-corrected chi connectivity index (χ2v) is 4.13. The first-order valence-corrected chi connectivity index (χ1v) is 5.35. The summed E-state index contributed by atoms with van der Waals surface area (Å²) in [4.78, 5) is 27.8. The molecule has 2 heterocycles. The van der Waals surface area contributed by atoms with Crippen LogP contribution in [0, 0.1) is 0 Å². The summed E-state index contributed by atoms with van der Waals surface area (Å²) in [7, 11) is 0. The lowest BCUT2D eigenvalue weighted by Gasteiger charge is -2.20. The third-order valence-corrected chi connectivity index (χ3v) is 2.80. The third-order valence-electron chi connectivity index (χ3n) is 2.80. The Kier molecular flexibility index (Phi) is 3.15. The number of nitrogens with zero attached hydrogens (tertiary/aromatic N) is 2. The van der Waals surface area contributed by atoms with Crippen LogP contribution in [0.15, 0.2) is 18.5 Å². The Morgan fingerprint density at radius 1 is 1.39 bits per heavy atom. The lowest BCUT2D eigenvalue weighted by atomic mass is 10.2. The molecule has 0 saturated carbocycles. The molecule has 1 aliphatic rings. The van der Waals surface area contributed by atoms with E-state index in [0.29, 0.717) is 0 Å². The number of aliphatic carboxylic acids is 1. The molecule has 1 saturated heterocycles. The quantitative estimate of drug-likeness (QED) is 0.651. The van der Waals surface area contributed by atoms with Gasteiger partial charge in [0, 0.05) is 19.2 Å². The molecular weight excluding hydrogens is 240 g/mol. The SMILES string of the molecule is O=C(O)[C@@H]1C[C@@H](O)CN1C(=O)c1cncc(O)c1. The van der Waals surface area contributed by atoms with Crippen molar-refractivity contribution in [2.24, 2.45) is 0 Å². The number of aliphatic hydroxyl groups excluding tert-OH is 1. The standard InChI is InChI=1S/C11H12N2O5/c14-7-1-6(3-12-4-7)10(16)13-5-8(15)2-9(13)11(17)18/h1,3-4,8-9,14-15H,2,5H2,(H,17,18)/t8-,9+/m1/s1. The Labute approximate surface area is 102 Å². The molecule has 3 N–H and O–H groups in total. The number of likely N-dealkylation sites (tertiary alicyclic amines) is 1. The van der Waals surface area contributed by atoms with Crippen LogP contribution in [-0.2, 0) is 4.79 Å². The zero-order valence-corrected chi connectivity index (χ0v) is 9.35. The summed E-state index contributed by atoms with van der Waals surface area (Å²) in [5.41, 5.74) is 0.0929. The lowest BCUT2D eigenvalue weighted by molar-refractivity contribution is -0.141. The molecular formula is C11H12N2O5. The van der Waals surface area contributed by atoms with E-state index in [-0.39, 0.29) is 24.3 Å². The number of carbonyl (C=O) groups is 2. The van der Waals surface area contributed by atoms with Crippen LogP contribution in [0.3, 0.4) is 0 Å². The molecule has 0 unspecified atom stereocenters. The molecule has 96 valence electrons. The number of carbonyl (C=O) groups excluding carboxylic acids is 1. The number of β-amino-alcohol motifs (C(OH)–C–C–N with tert-alkyl or cyclic N) is 1. The van der Waals surface area contributed by atoms with Crippen molar-refractivity contribution in [2.75, 3.05) is 6.54 Å². The van der Waals surface area contributed by atoms with E-state index in [4.69, 9.17) is 5.11 Å². The summed E-state index contributed by atoms with van der Waals surface area (Å²) in [6.45, 7) is -0.0363. The molecule has 0 radical (unpaired) electrons. The van der Waals surface area contributed by atoms with Crippen LogP contribution in [-0.4, -0.2) is 55.8 Å². The first kappa shape index (κ1) is 12.3. The highest BCUT2D eigenvalue weighted by Gasteiger charge is 2.39. The van der Waals surface area contributed by atoms with E-state index in [1.165, 1.54) is 18.5 Å². The van der Waals surface area contributed by atoms with Crippen molar-refractivity contribution < 1.29 is 24.9 Å². The summed E-state index contributed by atoms with van der Waals surface area (Å²) < 4.78 is 0. The van der Waals surface area contributed by atoms with Crippen LogP contribution in [0.25, 0.3) is 0 Å². The third kappa shape index (κ3) is 2.25. The smallest absolute Gasteiger partial charge is 0.326 e. The van der Waals surface area contributed by atoms with Gasteiger partial charge in [-0.15, -0.1) is 0 Å². The number of carboxylic acid groups (broad SMARTS) is 1. The van der Waals surface area contributed by atoms with Gasteiger partial charge < -0.3 is 20.2 Å². The van der Waals surface area contributed by atoms with Gasteiger partial charge in [0.25, 0.3) is 5.91 Å². The van der Waals surface area contributed by atoms with Gasteiger partial charge in [0.05, 0.1) is 17.9 Å². The molecule has 0 aromatic carbocycles. The summed E-state index contributed by atoms with van der Waals surface area (Å²) in [5.74, 6) is -1.90. The lowest BCUT2D eigenvalue weighted by Crippen LogP contribution is -2.40. The molecule has 18 heavy (non-hydrogen) atoms. The maximum Gasteiger partial charge on any atom is 0.326 e. The van der Waals surface area contributed by atoms with Crippen molar-refractivity contribution in [1.82, 2.24) is 9.88 Å². The van der Waals surface area contributed by atoms with Crippen molar-refractivity contribution in [3.05, 3.63) is 24.0 Å². The fourth-order valence-corrected chi connectivity index (χ4v) is 1.98. The van der Waals surface area contributed by atoms with Gasteiger partial charge in [0.2, 0.25) is 0 Å². The average molecular weight is 252 g/mol. The van der Waals surface area contributed by atoms with Crippen molar-refractivity contribution in [2.45, 2.75) is 18.6 Å². The topological polar surface area (TPSA) is 111 Å². The van der Waals surface area contributed by atoms with Crippen LogP contribution >= 0.6 is 0 Å². The number of hydrogen-bond donors (Lipinski definition) is 3. The second-order valence-electron chi connectivity index (χ2n) is 4.13. The Hall–Kier alpha value is -2.15. The number of pyridine rings is 1. The molecule has 0 aliphatic carbocycles. The maximum atomic E-state index is 12.1. The number of aromatic hydroxyl groups is 1. The van der Waals surface area contributed by atoms with Gasteiger partial charge in [0.15, 0.2) is 0 Å². The summed E-state index contributed by atoms with van der Waals surface area (Å²) >= 11 is 0. The van der Waals surface area contributed by atoms with E-state index in [1.54, 1.807) is 0 Å². The zero-order chi connectivity index (χ0) is 13.3. The molecule has 1 aliphatic heterocycles. The number of hydrogen-bond acceptors (Lipinski definition) is 5. The molecule has 7 heteroatoms. The molecule has 7 nitrogen and oxygen atoms in total. The largest absolute Gasteiger partial charge is 0.506 e. The van der Waals surface area contributed by atoms with E-state index in [1.807, 2.05) is 0 Å². The van der Waals surface area contributed by atoms with Crippen LogP contribution in [0.4, 0.5) is 0 Å². The van der Waals surface area contributed by atoms with Crippen molar-refractivity contribution in [1.29, 1.82) is 0 Å². The maximum absolute atomic E-state index is 12.1. The van der Waals surface area contributed by atoms with Crippen molar-refractivity contribution in [3.8, 4) is 5.75 Å². The molecule has 1 fully saturated rings. The van der Waals surface area contributed by atoms with Gasteiger partial charge in [-0.05, 0) is 6.07 Å². The Balaban J connectivity index is 2.25. The highest BCUT2D eigenvalue weighted by Crippen LogP contribution is 2.21. The number of aliphatic hydroxyl groups is 1. The van der Waals surface area contributed by atoms with Gasteiger partial charge in [0.1, 0.15) is 11.8 Å². The number of rotatable bonds is 2. The van der Waals surface area contributed by atoms with Crippen LogP contribution in [0.1, 0.15) is 16.8 Å². The normalized spacial score (nSPS) is 23.1. The fraction of sp³-hybridized carbons (Fsp3) is 0.364. The van der Waals surface area contributed by atoms with Gasteiger partial charge in [-0.2, -0.15) is 0 Å². The summed E-state index contributed by atoms with van der Waals surface area (Å²) in [5, 5.41) is 27.7. The summed E-state index contributed by atoms with van der Waals surface area (Å²) in [6, 6.07) is 0.161. The monoisotopic (exact) mass is 252 g/mol. The van der Waals surface area contributed by atoms with Gasteiger partial charge in [-0.25, -0.2) is 4.79 Å². The number of aromatic nitrogens is 1. The molecule has 0 spiro atoms. The molecule has 2 atom stereocenters. The minimum Gasteiger partial charge on any atom is -0.506 e. The second kappa shape index (κ2) is 4.61. The van der Waals surface area contributed by atoms with Crippen LogP contribution in [0.5, 0.6) is 5.75 Å². The predicted molar refractivity (Wildman–Crippen MR) is 59.0 cm³/mol. The highest BCUT2D eigenvalue weighted by atomic mass is 16.4. The molecule has 1 aromatic rings.